The summed E-state index contributed by atoms with van der Waals surface area (Å²) in [6, 6.07) is 2.76. The molecule has 0 heterocycles. The highest BCUT2D eigenvalue weighted by atomic mass is 79.9. The summed E-state index contributed by atoms with van der Waals surface area (Å²) in [4.78, 5) is 11.5. The van der Waals surface area contributed by atoms with Crippen LogP contribution < -0.4 is 4.74 Å². The van der Waals surface area contributed by atoms with Gasteiger partial charge in [0.2, 0.25) is 0 Å². The second kappa shape index (κ2) is 7.65. The molecule has 0 aliphatic rings. The number of carbonyl (C=O) groups is 1. The van der Waals surface area contributed by atoms with E-state index in [0.29, 0.717) is 16.1 Å². The fourth-order valence-corrected chi connectivity index (χ4v) is 2.40. The molecule has 0 fully saturated rings. The maximum atomic E-state index is 12.3. The number of halogens is 4. The zero-order valence-electron chi connectivity index (χ0n) is 10.1. The van der Waals surface area contributed by atoms with Crippen molar-refractivity contribution < 1.29 is 23.0 Å². The Bertz CT molecular complexity index is 455. The van der Waals surface area contributed by atoms with Crippen molar-refractivity contribution in [3.63, 3.8) is 0 Å². The first-order chi connectivity index (χ1) is 8.99. The summed E-state index contributed by atoms with van der Waals surface area (Å²) in [7, 11) is 0. The van der Waals surface area contributed by atoms with Crippen LogP contribution in [0.2, 0.25) is 5.02 Å². The number of hydrogen-bond acceptors (Lipinski definition) is 3. The molecule has 0 aliphatic heterocycles. The molecular formula is C12H12BrClF2O3. The van der Waals surface area contributed by atoms with Crippen LogP contribution in [0.4, 0.5) is 8.78 Å². The molecule has 0 saturated heterocycles. The molecule has 0 amide bonds. The predicted molar refractivity (Wildman–Crippen MR) is 71.1 cm³/mol. The third-order valence-electron chi connectivity index (χ3n) is 2.31. The van der Waals surface area contributed by atoms with E-state index in [-0.39, 0.29) is 24.1 Å². The van der Waals surface area contributed by atoms with Crippen molar-refractivity contribution in [3.8, 4) is 5.75 Å². The molecule has 0 unspecified atom stereocenters. The lowest BCUT2D eigenvalue weighted by Gasteiger charge is -2.14. The first-order valence-corrected chi connectivity index (χ1v) is 6.96. The van der Waals surface area contributed by atoms with E-state index in [9.17, 15) is 13.6 Å². The molecule has 0 bridgehead atoms. The van der Waals surface area contributed by atoms with E-state index >= 15 is 0 Å². The van der Waals surface area contributed by atoms with Gasteiger partial charge in [-0.05, 0) is 24.6 Å². The highest BCUT2D eigenvalue weighted by Crippen LogP contribution is 2.32. The van der Waals surface area contributed by atoms with Crippen LogP contribution in [0.25, 0.3) is 0 Å². The maximum Gasteiger partial charge on any atom is 0.387 e. The summed E-state index contributed by atoms with van der Waals surface area (Å²) >= 11 is 9.17. The molecule has 0 radical (unpaired) electrons. The van der Waals surface area contributed by atoms with Crippen molar-refractivity contribution in [2.75, 3.05) is 6.61 Å². The molecule has 0 atom stereocenters. The van der Waals surface area contributed by atoms with Crippen LogP contribution >= 0.6 is 27.5 Å². The smallest absolute Gasteiger partial charge is 0.387 e. The quantitative estimate of drug-likeness (QED) is 0.571. The van der Waals surface area contributed by atoms with Gasteiger partial charge < -0.3 is 9.47 Å². The Kier molecular flexibility index (Phi) is 6.51. The third kappa shape index (κ3) is 4.62. The lowest BCUT2D eigenvalue weighted by atomic mass is 10.0. The number of carbonyl (C=O) groups excluding carboxylic acids is 1. The zero-order valence-corrected chi connectivity index (χ0v) is 12.4. The van der Waals surface area contributed by atoms with Crippen molar-refractivity contribution in [2.45, 2.75) is 25.3 Å². The monoisotopic (exact) mass is 356 g/mol. The van der Waals surface area contributed by atoms with E-state index in [1.165, 1.54) is 12.1 Å². The molecule has 19 heavy (non-hydrogen) atoms. The maximum absolute atomic E-state index is 12.3. The average Bonchev–Trinajstić information content (AvgIpc) is 2.33. The fourth-order valence-electron chi connectivity index (χ4n) is 1.54. The minimum absolute atomic E-state index is 0.00410. The van der Waals surface area contributed by atoms with Gasteiger partial charge in [0.25, 0.3) is 0 Å². The van der Waals surface area contributed by atoms with Gasteiger partial charge in [-0.3, -0.25) is 4.79 Å². The lowest BCUT2D eigenvalue weighted by molar-refractivity contribution is -0.142. The minimum atomic E-state index is -2.94. The summed E-state index contributed by atoms with van der Waals surface area (Å²) < 4.78 is 33.8. The second-order valence-corrected chi connectivity index (χ2v) is 4.46. The molecule has 0 aliphatic carbocycles. The minimum Gasteiger partial charge on any atom is -0.466 e. The van der Waals surface area contributed by atoms with Crippen LogP contribution in [0.3, 0.4) is 0 Å². The zero-order chi connectivity index (χ0) is 14.4. The van der Waals surface area contributed by atoms with Gasteiger partial charge in [0.05, 0.1) is 13.0 Å². The van der Waals surface area contributed by atoms with Crippen molar-refractivity contribution in [2.24, 2.45) is 0 Å². The lowest BCUT2D eigenvalue weighted by Crippen LogP contribution is -2.11. The van der Waals surface area contributed by atoms with Crippen molar-refractivity contribution in [3.05, 3.63) is 28.3 Å². The number of alkyl halides is 3. The molecule has 106 valence electrons. The molecule has 7 heteroatoms. The molecule has 1 aromatic carbocycles. The van der Waals surface area contributed by atoms with E-state index in [1.54, 1.807) is 6.92 Å². The Labute approximate surface area is 123 Å². The SMILES string of the molecule is CCOC(=O)Cc1c(Cl)ccc(OC(F)F)c1CBr. The van der Waals surface area contributed by atoms with Crippen molar-refractivity contribution in [1.82, 2.24) is 0 Å². The first-order valence-electron chi connectivity index (χ1n) is 5.46. The van der Waals surface area contributed by atoms with E-state index < -0.39 is 12.6 Å². The van der Waals surface area contributed by atoms with E-state index in [4.69, 9.17) is 16.3 Å². The molecule has 1 aromatic rings. The van der Waals surface area contributed by atoms with Crippen molar-refractivity contribution in [1.29, 1.82) is 0 Å². The van der Waals surface area contributed by atoms with Crippen LogP contribution in [-0.2, 0) is 21.3 Å². The van der Waals surface area contributed by atoms with E-state index in [1.807, 2.05) is 0 Å². The van der Waals surface area contributed by atoms with Crippen molar-refractivity contribution >= 4 is 33.5 Å². The summed E-state index contributed by atoms with van der Waals surface area (Å²) in [6.45, 7) is -1.01. The topological polar surface area (TPSA) is 35.5 Å². The molecule has 0 N–H and O–H groups in total. The van der Waals surface area contributed by atoms with Crippen LogP contribution in [0.1, 0.15) is 18.1 Å². The van der Waals surface area contributed by atoms with Gasteiger partial charge in [0, 0.05) is 15.9 Å². The Morgan fingerprint density at radius 2 is 2.11 bits per heavy atom. The Morgan fingerprint density at radius 1 is 1.42 bits per heavy atom. The van der Waals surface area contributed by atoms with Crippen LogP contribution in [0, 0.1) is 0 Å². The largest absolute Gasteiger partial charge is 0.466 e. The Balaban J connectivity index is 3.09. The van der Waals surface area contributed by atoms with Gasteiger partial charge in [-0.15, -0.1) is 0 Å². The number of rotatable bonds is 6. The second-order valence-electron chi connectivity index (χ2n) is 3.50. The molecule has 1 rings (SSSR count). The molecule has 3 nitrogen and oxygen atoms in total. The van der Waals surface area contributed by atoms with E-state index in [0.717, 1.165) is 0 Å². The van der Waals surface area contributed by atoms with Crippen LogP contribution in [0.5, 0.6) is 5.75 Å². The number of hydrogen-bond donors (Lipinski definition) is 0. The highest BCUT2D eigenvalue weighted by molar-refractivity contribution is 9.08. The summed E-state index contributed by atoms with van der Waals surface area (Å²) in [5.41, 5.74) is 0.844. The van der Waals surface area contributed by atoms with Gasteiger partial charge >= 0.3 is 12.6 Å². The van der Waals surface area contributed by atoms with Gasteiger partial charge in [0.15, 0.2) is 0 Å². The predicted octanol–water partition coefficient (Wildman–Crippen LogP) is 3.94. The third-order valence-corrected chi connectivity index (χ3v) is 3.22. The number of ether oxygens (including phenoxy) is 2. The standard InChI is InChI=1S/C12H12BrClF2O3/c1-2-18-11(17)5-7-8(6-13)10(19-12(15)16)4-3-9(7)14/h3-4,12H,2,5-6H2,1H3. The molecule has 0 saturated carbocycles. The van der Waals surface area contributed by atoms with Gasteiger partial charge in [-0.2, -0.15) is 8.78 Å². The Hall–Kier alpha value is -0.880. The van der Waals surface area contributed by atoms with Gasteiger partial charge in [-0.1, -0.05) is 27.5 Å². The first kappa shape index (κ1) is 16.2. The number of benzene rings is 1. The summed E-state index contributed by atoms with van der Waals surface area (Å²) in [5.74, 6) is -0.476. The molecule has 0 spiro atoms. The summed E-state index contributed by atoms with van der Waals surface area (Å²) in [5, 5.41) is 0.550. The van der Waals surface area contributed by atoms with Crippen LogP contribution in [0.15, 0.2) is 12.1 Å². The molecular weight excluding hydrogens is 345 g/mol. The fraction of sp³-hybridized carbons (Fsp3) is 0.417. The number of esters is 1. The average molecular weight is 358 g/mol. The normalized spacial score (nSPS) is 10.6. The van der Waals surface area contributed by atoms with Gasteiger partial charge in [0.1, 0.15) is 5.75 Å². The highest BCUT2D eigenvalue weighted by Gasteiger charge is 2.18. The summed E-state index contributed by atoms with van der Waals surface area (Å²) in [6.07, 6.45) is -0.0892. The van der Waals surface area contributed by atoms with Crippen LogP contribution in [-0.4, -0.2) is 19.2 Å². The van der Waals surface area contributed by atoms with Gasteiger partial charge in [-0.25, -0.2) is 0 Å². The molecule has 0 aromatic heterocycles. The Morgan fingerprint density at radius 3 is 2.63 bits per heavy atom. The van der Waals surface area contributed by atoms with E-state index in [2.05, 4.69) is 20.7 Å².